The van der Waals surface area contributed by atoms with Gasteiger partial charge in [0.1, 0.15) is 11.5 Å². The number of hydrogen-bond donors (Lipinski definition) is 2. The van der Waals surface area contributed by atoms with E-state index in [4.69, 9.17) is 21.7 Å². The molecule has 24 heavy (non-hydrogen) atoms. The molecule has 0 bridgehead atoms. The zero-order valence-corrected chi connectivity index (χ0v) is 15.2. The summed E-state index contributed by atoms with van der Waals surface area (Å²) in [5.41, 5.74) is 2.04. The molecule has 0 atom stereocenters. The van der Waals surface area contributed by atoms with Gasteiger partial charge in [-0.1, -0.05) is 18.2 Å². The second-order valence-electron chi connectivity index (χ2n) is 5.58. The summed E-state index contributed by atoms with van der Waals surface area (Å²) in [7, 11) is 0. The van der Waals surface area contributed by atoms with Crippen LogP contribution in [0.3, 0.4) is 0 Å². The van der Waals surface area contributed by atoms with Gasteiger partial charge in [0, 0.05) is 18.3 Å². The highest BCUT2D eigenvalue weighted by Gasteiger charge is 2.02. The Hall–Kier alpha value is -2.27. The third-order valence-corrected chi connectivity index (χ3v) is 3.40. The maximum absolute atomic E-state index is 5.68. The van der Waals surface area contributed by atoms with Crippen LogP contribution in [0.4, 0.5) is 5.69 Å². The van der Waals surface area contributed by atoms with E-state index in [0.717, 1.165) is 22.7 Å². The summed E-state index contributed by atoms with van der Waals surface area (Å²) in [5.74, 6) is 1.70. The molecule has 2 rings (SSSR count). The van der Waals surface area contributed by atoms with E-state index >= 15 is 0 Å². The van der Waals surface area contributed by atoms with Gasteiger partial charge in [-0.2, -0.15) is 0 Å². The SMILES string of the molecule is CCOc1ccc(CNC(=S)Nc2cccc(OC(C)C)c2)cc1. The van der Waals surface area contributed by atoms with Gasteiger partial charge in [0.2, 0.25) is 0 Å². The molecule has 2 N–H and O–H groups in total. The van der Waals surface area contributed by atoms with Crippen LogP contribution in [0.2, 0.25) is 0 Å². The Bertz CT molecular complexity index is 657. The van der Waals surface area contributed by atoms with Crippen molar-refractivity contribution in [1.29, 1.82) is 0 Å². The second kappa shape index (κ2) is 9.13. The van der Waals surface area contributed by atoms with Gasteiger partial charge in [-0.25, -0.2) is 0 Å². The van der Waals surface area contributed by atoms with Crippen LogP contribution < -0.4 is 20.1 Å². The zero-order valence-electron chi connectivity index (χ0n) is 14.3. The molecule has 0 fully saturated rings. The summed E-state index contributed by atoms with van der Waals surface area (Å²) < 4.78 is 11.1. The van der Waals surface area contributed by atoms with E-state index < -0.39 is 0 Å². The highest BCUT2D eigenvalue weighted by atomic mass is 32.1. The molecule has 0 radical (unpaired) electrons. The van der Waals surface area contributed by atoms with Crippen molar-refractivity contribution in [3.05, 3.63) is 54.1 Å². The predicted octanol–water partition coefficient (Wildman–Crippen LogP) is 4.36. The summed E-state index contributed by atoms with van der Waals surface area (Å²) in [5, 5.41) is 6.95. The molecule has 4 nitrogen and oxygen atoms in total. The maximum Gasteiger partial charge on any atom is 0.171 e. The predicted molar refractivity (Wildman–Crippen MR) is 103 cm³/mol. The molecule has 2 aromatic rings. The molecule has 128 valence electrons. The lowest BCUT2D eigenvalue weighted by molar-refractivity contribution is 0.242. The summed E-state index contributed by atoms with van der Waals surface area (Å²) >= 11 is 5.35. The number of rotatable bonds is 7. The van der Waals surface area contributed by atoms with Crippen molar-refractivity contribution in [1.82, 2.24) is 5.32 Å². The average molecular weight is 344 g/mol. The van der Waals surface area contributed by atoms with E-state index in [-0.39, 0.29) is 6.10 Å². The third-order valence-electron chi connectivity index (χ3n) is 3.15. The molecule has 0 aromatic heterocycles. The smallest absolute Gasteiger partial charge is 0.171 e. The van der Waals surface area contributed by atoms with Crippen molar-refractivity contribution in [3.8, 4) is 11.5 Å². The van der Waals surface area contributed by atoms with Crippen LogP contribution in [0.5, 0.6) is 11.5 Å². The monoisotopic (exact) mass is 344 g/mol. The first-order chi connectivity index (χ1) is 11.6. The first-order valence-corrected chi connectivity index (χ1v) is 8.51. The van der Waals surface area contributed by atoms with E-state index in [2.05, 4.69) is 10.6 Å². The Labute approximate surface area is 149 Å². The molecular formula is C19H24N2O2S. The molecule has 0 spiro atoms. The van der Waals surface area contributed by atoms with Crippen LogP contribution in [0.1, 0.15) is 26.3 Å². The Morgan fingerprint density at radius 3 is 2.50 bits per heavy atom. The number of anilines is 1. The number of ether oxygens (including phenoxy) is 2. The number of thiocarbonyl (C=S) groups is 1. The lowest BCUT2D eigenvalue weighted by Crippen LogP contribution is -2.27. The topological polar surface area (TPSA) is 42.5 Å². The van der Waals surface area contributed by atoms with Crippen molar-refractivity contribution >= 4 is 23.0 Å². The van der Waals surface area contributed by atoms with E-state index in [9.17, 15) is 0 Å². The molecule has 0 unspecified atom stereocenters. The molecular weight excluding hydrogens is 320 g/mol. The number of nitrogens with one attached hydrogen (secondary N) is 2. The second-order valence-corrected chi connectivity index (χ2v) is 5.99. The lowest BCUT2D eigenvalue weighted by Gasteiger charge is -2.13. The molecule has 0 amide bonds. The van der Waals surface area contributed by atoms with E-state index in [0.29, 0.717) is 18.3 Å². The fraction of sp³-hybridized carbons (Fsp3) is 0.316. The van der Waals surface area contributed by atoms with Crippen molar-refractivity contribution in [2.45, 2.75) is 33.4 Å². The van der Waals surface area contributed by atoms with Crippen molar-refractivity contribution in [3.63, 3.8) is 0 Å². The molecule has 0 saturated carbocycles. The minimum absolute atomic E-state index is 0.144. The standard InChI is InChI=1S/C19H24N2O2S/c1-4-22-17-10-8-15(9-11-17)13-20-19(24)21-16-6-5-7-18(12-16)23-14(2)3/h5-12,14H,4,13H2,1-3H3,(H2,20,21,24). The summed E-state index contributed by atoms with van der Waals surface area (Å²) in [6.45, 7) is 7.30. The Morgan fingerprint density at radius 2 is 1.83 bits per heavy atom. The fourth-order valence-corrected chi connectivity index (χ4v) is 2.34. The van der Waals surface area contributed by atoms with Crippen molar-refractivity contribution < 1.29 is 9.47 Å². The van der Waals surface area contributed by atoms with Crippen LogP contribution in [0, 0.1) is 0 Å². The molecule has 0 aliphatic rings. The van der Waals surface area contributed by atoms with Gasteiger partial charge in [0.15, 0.2) is 5.11 Å². The van der Waals surface area contributed by atoms with Crippen LogP contribution in [-0.4, -0.2) is 17.8 Å². The maximum atomic E-state index is 5.68. The zero-order chi connectivity index (χ0) is 17.4. The first kappa shape index (κ1) is 18.1. The number of hydrogen-bond acceptors (Lipinski definition) is 3. The van der Waals surface area contributed by atoms with Gasteiger partial charge in [0.25, 0.3) is 0 Å². The first-order valence-electron chi connectivity index (χ1n) is 8.10. The van der Waals surface area contributed by atoms with Gasteiger partial charge < -0.3 is 20.1 Å². The Kier molecular flexibility index (Phi) is 6.88. The van der Waals surface area contributed by atoms with E-state index in [1.54, 1.807) is 0 Å². The van der Waals surface area contributed by atoms with Crippen molar-refractivity contribution in [2.24, 2.45) is 0 Å². The van der Waals surface area contributed by atoms with Gasteiger partial charge in [-0.05, 0) is 62.8 Å². The Balaban J connectivity index is 1.84. The highest BCUT2D eigenvalue weighted by molar-refractivity contribution is 7.80. The minimum atomic E-state index is 0.144. The van der Waals surface area contributed by atoms with E-state index in [1.807, 2.05) is 69.3 Å². The molecule has 0 aliphatic carbocycles. The van der Waals surface area contributed by atoms with Crippen LogP contribution >= 0.6 is 12.2 Å². The normalized spacial score (nSPS) is 10.3. The lowest BCUT2D eigenvalue weighted by atomic mass is 10.2. The van der Waals surface area contributed by atoms with Crippen LogP contribution in [-0.2, 0) is 6.54 Å². The quantitative estimate of drug-likeness (QED) is 0.731. The summed E-state index contributed by atoms with van der Waals surface area (Å²) in [6, 6.07) is 15.7. The molecule has 0 saturated heterocycles. The third kappa shape index (κ3) is 6.08. The molecule has 2 aromatic carbocycles. The Morgan fingerprint density at radius 1 is 1.08 bits per heavy atom. The van der Waals surface area contributed by atoms with Crippen LogP contribution in [0.15, 0.2) is 48.5 Å². The highest BCUT2D eigenvalue weighted by Crippen LogP contribution is 2.18. The summed E-state index contributed by atoms with van der Waals surface area (Å²) in [6.07, 6.45) is 0.144. The average Bonchev–Trinajstić information content (AvgIpc) is 2.54. The van der Waals surface area contributed by atoms with Gasteiger partial charge in [0.05, 0.1) is 12.7 Å². The minimum Gasteiger partial charge on any atom is -0.494 e. The summed E-state index contributed by atoms with van der Waals surface area (Å²) in [4.78, 5) is 0. The van der Waals surface area contributed by atoms with Gasteiger partial charge in [-0.15, -0.1) is 0 Å². The van der Waals surface area contributed by atoms with Gasteiger partial charge in [-0.3, -0.25) is 0 Å². The molecule has 0 heterocycles. The van der Waals surface area contributed by atoms with E-state index in [1.165, 1.54) is 0 Å². The van der Waals surface area contributed by atoms with Crippen LogP contribution in [0.25, 0.3) is 0 Å². The molecule has 0 aliphatic heterocycles. The molecule has 5 heteroatoms. The number of benzene rings is 2. The fourth-order valence-electron chi connectivity index (χ4n) is 2.15. The largest absolute Gasteiger partial charge is 0.494 e. The van der Waals surface area contributed by atoms with Crippen molar-refractivity contribution in [2.75, 3.05) is 11.9 Å². The van der Waals surface area contributed by atoms with Gasteiger partial charge >= 0.3 is 0 Å².